The third-order valence-corrected chi connectivity index (χ3v) is 4.64. The van der Waals surface area contributed by atoms with E-state index in [0.29, 0.717) is 12.5 Å². The molecular weight excluding hydrogens is 242 g/mol. The van der Waals surface area contributed by atoms with Crippen molar-refractivity contribution in [3.8, 4) is 0 Å². The minimum Gasteiger partial charge on any atom is -0.449 e. The maximum Gasteiger partial charge on any atom is 0.407 e. The van der Waals surface area contributed by atoms with Crippen molar-refractivity contribution in [1.82, 2.24) is 10.6 Å². The van der Waals surface area contributed by atoms with E-state index in [9.17, 15) is 4.79 Å². The molecule has 1 heterocycles. The predicted octanol–water partition coefficient (Wildman–Crippen LogP) is 1.83. The largest absolute Gasteiger partial charge is 0.449 e. The number of amides is 1. The molecule has 1 aliphatic heterocycles. The highest BCUT2D eigenvalue weighted by atomic mass is 16.5. The summed E-state index contributed by atoms with van der Waals surface area (Å²) in [6.07, 6.45) is 9.83. The summed E-state index contributed by atoms with van der Waals surface area (Å²) in [6, 6.07) is 0.245. The monoisotopic (exact) mass is 265 g/mol. The van der Waals surface area contributed by atoms with Crippen LogP contribution in [0.2, 0.25) is 0 Å². The lowest BCUT2D eigenvalue weighted by Gasteiger charge is -2.25. The molecule has 3 aliphatic rings. The standard InChI is InChI=1S/C14H23N3O2/c18-13(19-9-11-4-2-1-3-5-11)17-14(6-7-14)12-8-15-10-16-12/h10-12H,1-9H2,(H,15,16)(H,17,18). The van der Waals surface area contributed by atoms with E-state index < -0.39 is 0 Å². The van der Waals surface area contributed by atoms with Crippen LogP contribution in [0.3, 0.4) is 0 Å². The highest BCUT2D eigenvalue weighted by Crippen LogP contribution is 2.39. The van der Waals surface area contributed by atoms with Crippen molar-refractivity contribution < 1.29 is 9.53 Å². The Labute approximate surface area is 114 Å². The summed E-state index contributed by atoms with van der Waals surface area (Å²) in [4.78, 5) is 16.1. The molecule has 0 saturated heterocycles. The number of aliphatic imine (C=N–C) groups is 1. The van der Waals surface area contributed by atoms with E-state index in [1.165, 1.54) is 32.1 Å². The van der Waals surface area contributed by atoms with E-state index in [4.69, 9.17) is 4.74 Å². The zero-order chi connectivity index (χ0) is 13.1. The quantitative estimate of drug-likeness (QED) is 0.815. The first-order valence-electron chi connectivity index (χ1n) is 7.48. The first-order valence-corrected chi connectivity index (χ1v) is 7.48. The van der Waals surface area contributed by atoms with Crippen LogP contribution in [0.15, 0.2) is 4.99 Å². The normalized spacial score (nSPS) is 28.7. The molecule has 0 aromatic rings. The minimum atomic E-state index is -0.253. The fraction of sp³-hybridized carbons (Fsp3) is 0.857. The van der Waals surface area contributed by atoms with Crippen molar-refractivity contribution >= 4 is 12.4 Å². The summed E-state index contributed by atoms with van der Waals surface area (Å²) >= 11 is 0. The molecule has 0 radical (unpaired) electrons. The fourth-order valence-electron chi connectivity index (χ4n) is 3.17. The molecule has 1 unspecified atom stereocenters. The lowest BCUT2D eigenvalue weighted by atomic mass is 9.90. The van der Waals surface area contributed by atoms with E-state index >= 15 is 0 Å². The summed E-state index contributed by atoms with van der Waals surface area (Å²) in [5.41, 5.74) is -0.111. The van der Waals surface area contributed by atoms with Crippen LogP contribution in [0.5, 0.6) is 0 Å². The lowest BCUT2D eigenvalue weighted by Crippen LogP contribution is -2.51. The molecule has 106 valence electrons. The molecule has 2 saturated carbocycles. The first kappa shape index (κ1) is 12.8. The Balaban J connectivity index is 1.41. The van der Waals surface area contributed by atoms with Gasteiger partial charge in [-0.2, -0.15) is 0 Å². The molecule has 2 N–H and O–H groups in total. The molecule has 0 spiro atoms. The van der Waals surface area contributed by atoms with Crippen LogP contribution >= 0.6 is 0 Å². The third kappa shape index (κ3) is 3.01. The van der Waals surface area contributed by atoms with Gasteiger partial charge in [0.2, 0.25) is 0 Å². The van der Waals surface area contributed by atoms with Gasteiger partial charge in [-0.15, -0.1) is 0 Å². The minimum absolute atomic E-state index is 0.111. The van der Waals surface area contributed by atoms with E-state index in [1.807, 2.05) is 0 Å². The summed E-state index contributed by atoms with van der Waals surface area (Å²) < 4.78 is 5.40. The van der Waals surface area contributed by atoms with E-state index in [-0.39, 0.29) is 17.7 Å². The number of alkyl carbamates (subject to hydrolysis) is 1. The number of nitrogens with zero attached hydrogens (tertiary/aromatic N) is 1. The third-order valence-electron chi connectivity index (χ3n) is 4.64. The first-order chi connectivity index (χ1) is 9.28. The molecule has 3 rings (SSSR count). The Morgan fingerprint density at radius 1 is 1.37 bits per heavy atom. The Morgan fingerprint density at radius 3 is 2.79 bits per heavy atom. The number of carbonyl (C=O) groups excluding carboxylic acids is 1. The molecule has 1 atom stereocenters. The Bertz CT molecular complexity index is 352. The van der Waals surface area contributed by atoms with Crippen LogP contribution in [-0.4, -0.2) is 37.2 Å². The molecule has 19 heavy (non-hydrogen) atoms. The van der Waals surface area contributed by atoms with Gasteiger partial charge in [0.15, 0.2) is 0 Å². The molecule has 1 amide bonds. The van der Waals surface area contributed by atoms with Crippen LogP contribution < -0.4 is 10.6 Å². The molecule has 0 bridgehead atoms. The molecule has 0 aromatic carbocycles. The van der Waals surface area contributed by atoms with Crippen molar-refractivity contribution in [3.63, 3.8) is 0 Å². The number of hydrogen-bond donors (Lipinski definition) is 2. The van der Waals surface area contributed by atoms with Gasteiger partial charge in [0.05, 0.1) is 31.1 Å². The van der Waals surface area contributed by atoms with Crippen LogP contribution in [0.1, 0.15) is 44.9 Å². The smallest absolute Gasteiger partial charge is 0.407 e. The van der Waals surface area contributed by atoms with Gasteiger partial charge in [0.1, 0.15) is 0 Å². The second-order valence-corrected chi connectivity index (χ2v) is 6.10. The highest BCUT2D eigenvalue weighted by Gasteiger charge is 2.51. The van der Waals surface area contributed by atoms with Crippen molar-refractivity contribution in [1.29, 1.82) is 0 Å². The van der Waals surface area contributed by atoms with Crippen LogP contribution in [-0.2, 0) is 4.74 Å². The Kier molecular flexibility index (Phi) is 3.62. The van der Waals surface area contributed by atoms with Crippen molar-refractivity contribution in [3.05, 3.63) is 0 Å². The summed E-state index contributed by atoms with van der Waals surface area (Å²) in [5.74, 6) is 0.572. The number of carbonyl (C=O) groups is 1. The van der Waals surface area contributed by atoms with Crippen LogP contribution in [0.4, 0.5) is 4.79 Å². The van der Waals surface area contributed by atoms with Crippen LogP contribution in [0, 0.1) is 5.92 Å². The topological polar surface area (TPSA) is 62.7 Å². The zero-order valence-electron chi connectivity index (χ0n) is 11.4. The summed E-state index contributed by atoms with van der Waals surface area (Å²) in [5, 5.41) is 6.25. The maximum absolute atomic E-state index is 11.9. The number of hydrogen-bond acceptors (Lipinski definition) is 4. The van der Waals surface area contributed by atoms with Gasteiger partial charge in [0, 0.05) is 0 Å². The van der Waals surface area contributed by atoms with Gasteiger partial charge in [0.25, 0.3) is 0 Å². The molecule has 5 heteroatoms. The Hall–Kier alpha value is -1.26. The molecule has 2 fully saturated rings. The molecular formula is C14H23N3O2. The van der Waals surface area contributed by atoms with E-state index in [1.54, 1.807) is 6.34 Å². The number of rotatable bonds is 4. The second-order valence-electron chi connectivity index (χ2n) is 6.10. The SMILES string of the molecule is O=C(NC1(C2CN=CN2)CC1)OCC1CCCCC1. The number of nitrogens with one attached hydrogen (secondary N) is 2. The van der Waals surface area contributed by atoms with Gasteiger partial charge in [-0.1, -0.05) is 19.3 Å². The van der Waals surface area contributed by atoms with Gasteiger partial charge in [-0.25, -0.2) is 4.79 Å². The number of ether oxygens (including phenoxy) is 1. The Morgan fingerprint density at radius 2 is 2.16 bits per heavy atom. The van der Waals surface area contributed by atoms with Crippen molar-refractivity contribution in [2.45, 2.75) is 56.5 Å². The molecule has 2 aliphatic carbocycles. The second kappa shape index (κ2) is 5.39. The van der Waals surface area contributed by atoms with Crippen LogP contribution in [0.25, 0.3) is 0 Å². The predicted molar refractivity (Wildman–Crippen MR) is 73.3 cm³/mol. The van der Waals surface area contributed by atoms with E-state index in [2.05, 4.69) is 15.6 Å². The van der Waals surface area contributed by atoms with Gasteiger partial charge >= 0.3 is 6.09 Å². The highest BCUT2D eigenvalue weighted by molar-refractivity contribution is 5.70. The summed E-state index contributed by atoms with van der Waals surface area (Å²) in [7, 11) is 0. The maximum atomic E-state index is 11.9. The van der Waals surface area contributed by atoms with E-state index in [0.717, 1.165) is 19.4 Å². The lowest BCUT2D eigenvalue weighted by molar-refractivity contribution is 0.110. The van der Waals surface area contributed by atoms with Crippen molar-refractivity contribution in [2.24, 2.45) is 10.9 Å². The average molecular weight is 265 g/mol. The fourth-order valence-corrected chi connectivity index (χ4v) is 3.17. The molecule has 5 nitrogen and oxygen atoms in total. The zero-order valence-corrected chi connectivity index (χ0v) is 11.4. The summed E-state index contributed by atoms with van der Waals surface area (Å²) in [6.45, 7) is 1.33. The van der Waals surface area contributed by atoms with Gasteiger partial charge in [-0.3, -0.25) is 4.99 Å². The average Bonchev–Trinajstić information content (AvgIpc) is 3.01. The van der Waals surface area contributed by atoms with Gasteiger partial charge in [-0.05, 0) is 31.6 Å². The van der Waals surface area contributed by atoms with Crippen molar-refractivity contribution in [2.75, 3.05) is 13.2 Å². The van der Waals surface area contributed by atoms with Gasteiger partial charge < -0.3 is 15.4 Å². The molecule has 0 aromatic heterocycles.